The number of hydrogen-bond donors (Lipinski definition) is 0. The highest BCUT2D eigenvalue weighted by Crippen LogP contribution is 2.31. The van der Waals surface area contributed by atoms with E-state index in [0.29, 0.717) is 10.8 Å². The van der Waals surface area contributed by atoms with Crippen LogP contribution in [-0.2, 0) is 0 Å². The minimum Gasteiger partial charge on any atom is -0.0654 e. The van der Waals surface area contributed by atoms with E-state index >= 15 is 0 Å². The van der Waals surface area contributed by atoms with Crippen molar-refractivity contribution in [3.05, 3.63) is 0 Å². The zero-order chi connectivity index (χ0) is 10.5. The molecule has 0 fully saturated rings. The van der Waals surface area contributed by atoms with Gasteiger partial charge in [-0.3, -0.25) is 0 Å². The van der Waals surface area contributed by atoms with Gasteiger partial charge in [-0.15, -0.1) is 0 Å². The van der Waals surface area contributed by atoms with Crippen LogP contribution < -0.4 is 0 Å². The van der Waals surface area contributed by atoms with E-state index in [9.17, 15) is 0 Å². The first-order valence-corrected chi connectivity index (χ1v) is 5.77. The van der Waals surface area contributed by atoms with Crippen molar-refractivity contribution in [1.29, 1.82) is 0 Å². The third kappa shape index (κ3) is 8.33. The number of rotatable bonds is 5. The van der Waals surface area contributed by atoms with Gasteiger partial charge >= 0.3 is 0 Å². The van der Waals surface area contributed by atoms with Crippen molar-refractivity contribution in [2.75, 3.05) is 0 Å². The molecular weight excluding hydrogens is 156 g/mol. The quantitative estimate of drug-likeness (QED) is 0.562. The third-order valence-corrected chi connectivity index (χ3v) is 2.71. The normalized spacial score (nSPS) is 13.4. The minimum atomic E-state index is 0.516. The Hall–Kier alpha value is 0. The molecule has 0 aliphatic rings. The van der Waals surface area contributed by atoms with Crippen molar-refractivity contribution < 1.29 is 0 Å². The van der Waals surface area contributed by atoms with E-state index in [0.717, 1.165) is 0 Å². The first-order chi connectivity index (χ1) is 5.77. The fourth-order valence-electron chi connectivity index (χ4n) is 1.90. The van der Waals surface area contributed by atoms with Crippen molar-refractivity contribution >= 4 is 0 Å². The summed E-state index contributed by atoms with van der Waals surface area (Å²) in [4.78, 5) is 0. The Morgan fingerprint density at radius 3 is 1.69 bits per heavy atom. The largest absolute Gasteiger partial charge is 0.0654 e. The molecule has 0 spiro atoms. The molecular formula is C13H28. The van der Waals surface area contributed by atoms with E-state index in [4.69, 9.17) is 0 Å². The second kappa shape index (κ2) is 5.02. The molecule has 0 radical (unpaired) electrons. The van der Waals surface area contributed by atoms with Crippen molar-refractivity contribution in [3.63, 3.8) is 0 Å². The Bertz CT molecular complexity index is 125. The molecule has 0 saturated carbocycles. The lowest BCUT2D eigenvalue weighted by molar-refractivity contribution is 0.263. The molecule has 0 saturated heterocycles. The first kappa shape index (κ1) is 13.0. The maximum absolute atomic E-state index is 2.40. The monoisotopic (exact) mass is 184 g/mol. The van der Waals surface area contributed by atoms with Crippen LogP contribution in [0.1, 0.15) is 73.6 Å². The second-order valence-corrected chi connectivity index (χ2v) is 6.33. The van der Waals surface area contributed by atoms with Gasteiger partial charge in [0, 0.05) is 0 Å². The Kier molecular flexibility index (Phi) is 5.02. The lowest BCUT2D eigenvalue weighted by atomic mass is 9.80. The molecule has 0 atom stereocenters. The van der Waals surface area contributed by atoms with Crippen LogP contribution in [0.25, 0.3) is 0 Å². The molecule has 0 N–H and O–H groups in total. The van der Waals surface area contributed by atoms with E-state index in [1.807, 2.05) is 0 Å². The van der Waals surface area contributed by atoms with Gasteiger partial charge in [-0.05, 0) is 30.1 Å². The average molecular weight is 184 g/mol. The molecule has 0 heterocycles. The maximum Gasteiger partial charge on any atom is -0.0354 e. The van der Waals surface area contributed by atoms with Crippen LogP contribution in [0.5, 0.6) is 0 Å². The molecule has 0 bridgehead atoms. The highest BCUT2D eigenvalue weighted by molar-refractivity contribution is 4.70. The van der Waals surface area contributed by atoms with Gasteiger partial charge in [0.25, 0.3) is 0 Å². The zero-order valence-electron chi connectivity index (χ0n) is 10.5. The van der Waals surface area contributed by atoms with Crippen LogP contribution in [0.15, 0.2) is 0 Å². The van der Waals surface area contributed by atoms with Gasteiger partial charge in [0.2, 0.25) is 0 Å². The summed E-state index contributed by atoms with van der Waals surface area (Å²) in [6, 6.07) is 0. The van der Waals surface area contributed by atoms with E-state index in [1.165, 1.54) is 32.1 Å². The molecule has 0 amide bonds. The Morgan fingerprint density at radius 1 is 0.769 bits per heavy atom. The molecule has 0 rings (SSSR count). The lowest BCUT2D eigenvalue weighted by Gasteiger charge is -2.26. The third-order valence-electron chi connectivity index (χ3n) is 2.71. The SMILES string of the molecule is CCCC(C)(C)CCCC(C)(C)C. The Balaban J connectivity index is 3.63. The van der Waals surface area contributed by atoms with Crippen LogP contribution in [0.2, 0.25) is 0 Å². The van der Waals surface area contributed by atoms with Crippen LogP contribution in [0.3, 0.4) is 0 Å². The molecule has 0 heteroatoms. The van der Waals surface area contributed by atoms with Gasteiger partial charge in [-0.1, -0.05) is 54.4 Å². The molecule has 0 aromatic rings. The molecule has 0 unspecified atom stereocenters. The summed E-state index contributed by atoms with van der Waals surface area (Å²) in [7, 11) is 0. The maximum atomic E-state index is 2.40. The number of hydrogen-bond acceptors (Lipinski definition) is 0. The summed E-state index contributed by atoms with van der Waals surface area (Å²) in [6.45, 7) is 14.1. The first-order valence-electron chi connectivity index (χ1n) is 5.77. The molecule has 13 heavy (non-hydrogen) atoms. The minimum absolute atomic E-state index is 0.516. The Labute approximate surface area is 85.1 Å². The van der Waals surface area contributed by atoms with Gasteiger partial charge in [0.1, 0.15) is 0 Å². The topological polar surface area (TPSA) is 0 Å². The van der Waals surface area contributed by atoms with E-state index in [-0.39, 0.29) is 0 Å². The second-order valence-electron chi connectivity index (χ2n) is 6.33. The van der Waals surface area contributed by atoms with E-state index in [1.54, 1.807) is 0 Å². The predicted octanol–water partition coefficient (Wildman–Crippen LogP) is 5.03. The van der Waals surface area contributed by atoms with Gasteiger partial charge in [-0.2, -0.15) is 0 Å². The van der Waals surface area contributed by atoms with Crippen LogP contribution in [-0.4, -0.2) is 0 Å². The summed E-state index contributed by atoms with van der Waals surface area (Å²) < 4.78 is 0. The summed E-state index contributed by atoms with van der Waals surface area (Å²) in [5.41, 5.74) is 1.09. The molecule has 0 aliphatic heterocycles. The highest BCUT2D eigenvalue weighted by Gasteiger charge is 2.18. The van der Waals surface area contributed by atoms with Gasteiger partial charge in [0.15, 0.2) is 0 Å². The molecule has 0 nitrogen and oxygen atoms in total. The Morgan fingerprint density at radius 2 is 1.31 bits per heavy atom. The van der Waals surface area contributed by atoms with E-state index in [2.05, 4.69) is 41.5 Å². The van der Waals surface area contributed by atoms with Crippen LogP contribution >= 0.6 is 0 Å². The van der Waals surface area contributed by atoms with Crippen molar-refractivity contribution in [1.82, 2.24) is 0 Å². The van der Waals surface area contributed by atoms with E-state index < -0.39 is 0 Å². The fourth-order valence-corrected chi connectivity index (χ4v) is 1.90. The average Bonchev–Trinajstić information content (AvgIpc) is 1.82. The summed E-state index contributed by atoms with van der Waals surface area (Å²) in [6.07, 6.45) is 6.83. The van der Waals surface area contributed by atoms with Crippen molar-refractivity contribution in [3.8, 4) is 0 Å². The highest BCUT2D eigenvalue weighted by atomic mass is 14.2. The smallest absolute Gasteiger partial charge is 0.0354 e. The van der Waals surface area contributed by atoms with Crippen LogP contribution in [0, 0.1) is 10.8 Å². The van der Waals surface area contributed by atoms with Gasteiger partial charge < -0.3 is 0 Å². The van der Waals surface area contributed by atoms with Crippen molar-refractivity contribution in [2.24, 2.45) is 10.8 Å². The zero-order valence-corrected chi connectivity index (χ0v) is 10.5. The molecule has 0 aliphatic carbocycles. The molecule has 0 aromatic heterocycles. The standard InChI is InChI=1S/C13H28/c1-7-9-13(5,6)11-8-10-12(2,3)4/h7-11H2,1-6H3. The van der Waals surface area contributed by atoms with Crippen LogP contribution in [0.4, 0.5) is 0 Å². The molecule has 80 valence electrons. The summed E-state index contributed by atoms with van der Waals surface area (Å²) in [5, 5.41) is 0. The van der Waals surface area contributed by atoms with Gasteiger partial charge in [0.05, 0.1) is 0 Å². The van der Waals surface area contributed by atoms with Crippen molar-refractivity contribution in [2.45, 2.75) is 73.6 Å². The molecule has 0 aromatic carbocycles. The van der Waals surface area contributed by atoms with Gasteiger partial charge in [-0.25, -0.2) is 0 Å². The fraction of sp³-hybridized carbons (Fsp3) is 1.00. The summed E-state index contributed by atoms with van der Waals surface area (Å²) >= 11 is 0. The predicted molar refractivity (Wildman–Crippen MR) is 62.0 cm³/mol. The lowest BCUT2D eigenvalue weighted by Crippen LogP contribution is -2.13. The summed E-state index contributed by atoms with van der Waals surface area (Å²) in [5.74, 6) is 0.